The van der Waals surface area contributed by atoms with Crippen molar-refractivity contribution in [1.82, 2.24) is 4.90 Å². The number of allylic oxidation sites excluding steroid dienone is 1. The van der Waals surface area contributed by atoms with Crippen LogP contribution in [0.25, 0.3) is 0 Å². The Kier molecular flexibility index (Phi) is 6.37. The second-order valence-electron chi connectivity index (χ2n) is 8.17. The molecule has 34 heavy (non-hydrogen) atoms. The standard InChI is InChI=1S/C27H29NO6/c1-6-31-25(29)23-17(3)28(5)18(4)27(26(30)32-7-2,24(23)19-11-9-8-10-12-19)20-13-14-21-22(15-20)34-16-33-21/h8-15,24H,4,6-7,16H2,1-3,5H3/t24-,27+/m0/s1. The third-order valence-electron chi connectivity index (χ3n) is 6.53. The first kappa shape index (κ1) is 23.4. The Morgan fingerprint density at radius 1 is 1.06 bits per heavy atom. The molecule has 2 aliphatic heterocycles. The molecule has 0 aromatic heterocycles. The zero-order chi connectivity index (χ0) is 24.5. The number of carbonyl (C=O) groups excluding carboxylic acids is 2. The molecule has 0 fully saturated rings. The summed E-state index contributed by atoms with van der Waals surface area (Å²) < 4.78 is 22.3. The largest absolute Gasteiger partial charge is 0.465 e. The van der Waals surface area contributed by atoms with E-state index in [0.717, 1.165) is 5.56 Å². The van der Waals surface area contributed by atoms with Crippen molar-refractivity contribution < 1.29 is 28.5 Å². The highest BCUT2D eigenvalue weighted by Crippen LogP contribution is 2.55. The van der Waals surface area contributed by atoms with Gasteiger partial charge in [0.25, 0.3) is 0 Å². The van der Waals surface area contributed by atoms with E-state index >= 15 is 0 Å². The quantitative estimate of drug-likeness (QED) is 0.592. The van der Waals surface area contributed by atoms with Crippen molar-refractivity contribution in [3.05, 3.63) is 83.2 Å². The molecule has 0 N–H and O–H groups in total. The Morgan fingerprint density at radius 2 is 1.74 bits per heavy atom. The van der Waals surface area contributed by atoms with E-state index in [1.807, 2.05) is 43.3 Å². The van der Waals surface area contributed by atoms with Crippen LogP contribution in [-0.2, 0) is 24.5 Å². The van der Waals surface area contributed by atoms with Gasteiger partial charge in [0.1, 0.15) is 5.41 Å². The van der Waals surface area contributed by atoms with Gasteiger partial charge >= 0.3 is 11.9 Å². The van der Waals surface area contributed by atoms with Crippen molar-refractivity contribution in [1.29, 1.82) is 0 Å². The summed E-state index contributed by atoms with van der Waals surface area (Å²) in [6, 6.07) is 14.8. The number of likely N-dealkylation sites (N-methyl/N-ethyl adjacent to an activating group) is 1. The van der Waals surface area contributed by atoms with Crippen molar-refractivity contribution >= 4 is 11.9 Å². The molecule has 0 unspecified atom stereocenters. The predicted octanol–water partition coefficient (Wildman–Crippen LogP) is 4.30. The van der Waals surface area contributed by atoms with E-state index in [0.29, 0.717) is 34.0 Å². The van der Waals surface area contributed by atoms with Gasteiger partial charge in [0.05, 0.1) is 18.8 Å². The Balaban J connectivity index is 2.09. The topological polar surface area (TPSA) is 74.3 Å². The van der Waals surface area contributed by atoms with E-state index in [1.165, 1.54) is 0 Å². The fourth-order valence-corrected chi connectivity index (χ4v) is 4.85. The molecule has 7 nitrogen and oxygen atoms in total. The maximum atomic E-state index is 14.0. The summed E-state index contributed by atoms with van der Waals surface area (Å²) in [5.74, 6) is -0.620. The zero-order valence-electron chi connectivity index (χ0n) is 19.9. The average molecular weight is 464 g/mol. The third kappa shape index (κ3) is 3.52. The van der Waals surface area contributed by atoms with Crippen LogP contribution in [0.3, 0.4) is 0 Å². The fraction of sp³-hybridized carbons (Fsp3) is 0.333. The Morgan fingerprint density at radius 3 is 2.41 bits per heavy atom. The van der Waals surface area contributed by atoms with Gasteiger partial charge in [0.2, 0.25) is 6.79 Å². The van der Waals surface area contributed by atoms with Gasteiger partial charge in [-0.2, -0.15) is 0 Å². The fourth-order valence-electron chi connectivity index (χ4n) is 4.85. The lowest BCUT2D eigenvalue weighted by molar-refractivity contribution is -0.150. The normalized spacial score (nSPS) is 21.5. The van der Waals surface area contributed by atoms with Crippen molar-refractivity contribution in [3.63, 3.8) is 0 Å². The van der Waals surface area contributed by atoms with Crippen molar-refractivity contribution in [2.75, 3.05) is 27.1 Å². The van der Waals surface area contributed by atoms with E-state index in [-0.39, 0.29) is 20.0 Å². The van der Waals surface area contributed by atoms with Crippen LogP contribution in [0.1, 0.15) is 37.8 Å². The first-order chi connectivity index (χ1) is 16.4. The number of benzene rings is 2. The second-order valence-corrected chi connectivity index (χ2v) is 8.17. The molecule has 0 radical (unpaired) electrons. The van der Waals surface area contributed by atoms with Gasteiger partial charge in [-0.15, -0.1) is 0 Å². The lowest BCUT2D eigenvalue weighted by Gasteiger charge is -2.48. The molecular weight excluding hydrogens is 434 g/mol. The maximum Gasteiger partial charge on any atom is 0.336 e. The molecule has 178 valence electrons. The minimum absolute atomic E-state index is 0.0985. The van der Waals surface area contributed by atoms with Gasteiger partial charge in [-0.05, 0) is 44.0 Å². The zero-order valence-corrected chi connectivity index (χ0v) is 19.9. The molecule has 2 heterocycles. The number of esters is 2. The molecule has 0 saturated carbocycles. The highest BCUT2D eigenvalue weighted by atomic mass is 16.7. The molecule has 4 rings (SSSR count). The molecule has 0 amide bonds. The second kappa shape index (κ2) is 9.25. The van der Waals surface area contributed by atoms with Crippen LogP contribution in [-0.4, -0.2) is 43.9 Å². The van der Waals surface area contributed by atoms with Gasteiger partial charge < -0.3 is 23.8 Å². The molecule has 0 bridgehead atoms. The first-order valence-corrected chi connectivity index (χ1v) is 11.3. The van der Waals surface area contributed by atoms with E-state index in [2.05, 4.69) is 6.58 Å². The summed E-state index contributed by atoms with van der Waals surface area (Å²) in [6.07, 6.45) is 0. The Hall–Kier alpha value is -3.74. The summed E-state index contributed by atoms with van der Waals surface area (Å²) in [6.45, 7) is 10.2. The van der Waals surface area contributed by atoms with Crippen molar-refractivity contribution in [2.24, 2.45) is 0 Å². The van der Waals surface area contributed by atoms with Crippen molar-refractivity contribution in [3.8, 4) is 11.5 Å². The van der Waals surface area contributed by atoms with Crippen LogP contribution in [0.2, 0.25) is 0 Å². The van der Waals surface area contributed by atoms with E-state index in [9.17, 15) is 9.59 Å². The summed E-state index contributed by atoms with van der Waals surface area (Å²) in [4.78, 5) is 29.2. The first-order valence-electron chi connectivity index (χ1n) is 11.3. The van der Waals surface area contributed by atoms with Gasteiger partial charge in [-0.3, -0.25) is 4.79 Å². The molecule has 2 aliphatic rings. The minimum atomic E-state index is -1.45. The maximum absolute atomic E-state index is 14.0. The summed E-state index contributed by atoms with van der Waals surface area (Å²) in [5.41, 5.74) is 1.45. The SMILES string of the molecule is C=C1N(C)C(C)=C(C(=O)OCC)[C@H](c2ccccc2)[C@]1(C(=O)OCC)c1ccc2c(c1)OCO2. The smallest absolute Gasteiger partial charge is 0.336 e. The molecule has 7 heteroatoms. The lowest BCUT2D eigenvalue weighted by Crippen LogP contribution is -2.53. The predicted molar refractivity (Wildman–Crippen MR) is 126 cm³/mol. The lowest BCUT2D eigenvalue weighted by atomic mass is 9.60. The molecule has 2 aromatic carbocycles. The van der Waals surface area contributed by atoms with Crippen LogP contribution < -0.4 is 9.47 Å². The van der Waals surface area contributed by atoms with E-state index in [1.54, 1.807) is 37.9 Å². The number of carbonyl (C=O) groups is 2. The Labute approximate surface area is 199 Å². The van der Waals surface area contributed by atoms with Crippen LogP contribution in [0.4, 0.5) is 0 Å². The highest BCUT2D eigenvalue weighted by molar-refractivity contribution is 5.98. The Bertz CT molecular complexity index is 1150. The number of fused-ring (bicyclic) bond motifs is 1. The number of ether oxygens (including phenoxy) is 4. The molecule has 2 aromatic rings. The van der Waals surface area contributed by atoms with E-state index < -0.39 is 23.3 Å². The van der Waals surface area contributed by atoms with Crippen molar-refractivity contribution in [2.45, 2.75) is 32.1 Å². The minimum Gasteiger partial charge on any atom is -0.465 e. The monoisotopic (exact) mass is 463 g/mol. The molecular formula is C27H29NO6. The van der Waals surface area contributed by atoms with Gasteiger partial charge in [0.15, 0.2) is 11.5 Å². The van der Waals surface area contributed by atoms with Crippen LogP contribution in [0.15, 0.2) is 72.1 Å². The third-order valence-corrected chi connectivity index (χ3v) is 6.53. The molecule has 2 atom stereocenters. The summed E-state index contributed by atoms with van der Waals surface area (Å²) in [7, 11) is 1.79. The van der Waals surface area contributed by atoms with Crippen LogP contribution >= 0.6 is 0 Å². The van der Waals surface area contributed by atoms with Gasteiger partial charge in [-0.1, -0.05) is 43.0 Å². The number of hydrogen-bond donors (Lipinski definition) is 0. The van der Waals surface area contributed by atoms with Crippen LogP contribution in [0.5, 0.6) is 11.5 Å². The molecule has 0 saturated heterocycles. The van der Waals surface area contributed by atoms with Crippen LogP contribution in [0, 0.1) is 0 Å². The summed E-state index contributed by atoms with van der Waals surface area (Å²) >= 11 is 0. The molecule has 0 aliphatic carbocycles. The highest BCUT2D eigenvalue weighted by Gasteiger charge is 2.58. The average Bonchev–Trinajstić information content (AvgIpc) is 3.31. The number of rotatable bonds is 6. The molecule has 0 spiro atoms. The van der Waals surface area contributed by atoms with Gasteiger partial charge in [-0.25, -0.2) is 4.79 Å². The van der Waals surface area contributed by atoms with E-state index in [4.69, 9.17) is 18.9 Å². The summed E-state index contributed by atoms with van der Waals surface area (Å²) in [5, 5.41) is 0. The van der Waals surface area contributed by atoms with Gasteiger partial charge in [0, 0.05) is 24.4 Å². The number of hydrogen-bond acceptors (Lipinski definition) is 7. The number of nitrogens with zero attached hydrogens (tertiary/aromatic N) is 1.